The van der Waals surface area contributed by atoms with Gasteiger partial charge in [0.25, 0.3) is 15.9 Å². The number of benzene rings is 2. The SMILES string of the molecule is O=C1c2ccccc2S(=O)(=O)N1C1CCOc2ccccc21. The van der Waals surface area contributed by atoms with Gasteiger partial charge < -0.3 is 4.74 Å². The quantitative estimate of drug-likeness (QED) is 0.810. The second-order valence-electron chi connectivity index (χ2n) is 5.29. The minimum Gasteiger partial charge on any atom is -0.493 e. The Hall–Kier alpha value is -2.34. The Bertz CT molecular complexity index is 875. The summed E-state index contributed by atoms with van der Waals surface area (Å²) in [6.45, 7) is 0.386. The van der Waals surface area contributed by atoms with Crippen LogP contribution in [0.5, 0.6) is 5.75 Å². The zero-order valence-electron chi connectivity index (χ0n) is 11.6. The fraction of sp³-hybridized carbons (Fsp3) is 0.188. The number of carbonyl (C=O) groups is 1. The maximum absolute atomic E-state index is 12.8. The largest absolute Gasteiger partial charge is 0.493 e. The molecule has 0 bridgehead atoms. The summed E-state index contributed by atoms with van der Waals surface area (Å²) >= 11 is 0. The summed E-state index contributed by atoms with van der Waals surface area (Å²) < 4.78 is 32.1. The lowest BCUT2D eigenvalue weighted by Gasteiger charge is -2.31. The van der Waals surface area contributed by atoms with E-state index in [0.717, 1.165) is 9.87 Å². The summed E-state index contributed by atoms with van der Waals surface area (Å²) in [5.41, 5.74) is 0.977. The summed E-state index contributed by atoms with van der Waals surface area (Å²) in [5, 5.41) is 0. The Kier molecular flexibility index (Phi) is 2.77. The number of hydrogen-bond donors (Lipinski definition) is 0. The summed E-state index contributed by atoms with van der Waals surface area (Å²) in [4.78, 5) is 12.7. The molecule has 2 aromatic rings. The van der Waals surface area contributed by atoms with E-state index < -0.39 is 22.0 Å². The lowest BCUT2D eigenvalue weighted by Crippen LogP contribution is -2.36. The zero-order chi connectivity index (χ0) is 15.3. The first-order chi connectivity index (χ1) is 10.6. The van der Waals surface area contributed by atoms with Gasteiger partial charge in [-0.25, -0.2) is 12.7 Å². The number of sulfonamides is 1. The molecule has 1 unspecified atom stereocenters. The Labute approximate surface area is 128 Å². The highest BCUT2D eigenvalue weighted by Crippen LogP contribution is 2.42. The molecular formula is C16H13NO4S. The molecule has 0 saturated heterocycles. The monoisotopic (exact) mass is 315 g/mol. The van der Waals surface area contributed by atoms with Crippen molar-refractivity contribution in [2.75, 3.05) is 6.61 Å². The van der Waals surface area contributed by atoms with Crippen molar-refractivity contribution in [2.45, 2.75) is 17.4 Å². The van der Waals surface area contributed by atoms with Gasteiger partial charge >= 0.3 is 0 Å². The average molecular weight is 315 g/mol. The third-order valence-electron chi connectivity index (χ3n) is 4.06. The van der Waals surface area contributed by atoms with Crippen LogP contribution < -0.4 is 4.74 Å². The average Bonchev–Trinajstić information content (AvgIpc) is 2.74. The Morgan fingerprint density at radius 1 is 1.05 bits per heavy atom. The van der Waals surface area contributed by atoms with Gasteiger partial charge in [-0.3, -0.25) is 4.79 Å². The number of nitrogens with zero attached hydrogens (tertiary/aromatic N) is 1. The third-order valence-corrected chi connectivity index (χ3v) is 5.91. The molecule has 22 heavy (non-hydrogen) atoms. The molecule has 112 valence electrons. The van der Waals surface area contributed by atoms with Crippen LogP contribution in [0, 0.1) is 0 Å². The van der Waals surface area contributed by atoms with Gasteiger partial charge in [-0.05, 0) is 18.2 Å². The van der Waals surface area contributed by atoms with Gasteiger partial charge in [-0.2, -0.15) is 0 Å². The molecule has 0 fully saturated rings. The number of hydrogen-bond acceptors (Lipinski definition) is 4. The molecule has 0 aromatic heterocycles. The number of para-hydroxylation sites is 1. The molecule has 1 amide bonds. The van der Waals surface area contributed by atoms with Crippen molar-refractivity contribution >= 4 is 15.9 Å². The van der Waals surface area contributed by atoms with Crippen LogP contribution in [0.1, 0.15) is 28.4 Å². The zero-order valence-corrected chi connectivity index (χ0v) is 12.4. The molecule has 2 aliphatic rings. The summed E-state index contributed by atoms with van der Waals surface area (Å²) in [5.74, 6) is 0.176. The van der Waals surface area contributed by atoms with Crippen LogP contribution >= 0.6 is 0 Å². The van der Waals surface area contributed by atoms with Gasteiger partial charge in [0.15, 0.2) is 0 Å². The Morgan fingerprint density at radius 2 is 1.77 bits per heavy atom. The highest BCUT2D eigenvalue weighted by molar-refractivity contribution is 7.90. The smallest absolute Gasteiger partial charge is 0.269 e. The number of carbonyl (C=O) groups excluding carboxylic acids is 1. The van der Waals surface area contributed by atoms with Crippen LogP contribution in [0.25, 0.3) is 0 Å². The van der Waals surface area contributed by atoms with Gasteiger partial charge in [0.05, 0.1) is 18.2 Å². The lowest BCUT2D eigenvalue weighted by molar-refractivity contribution is 0.0804. The fourth-order valence-electron chi connectivity index (χ4n) is 3.08. The molecule has 0 spiro atoms. The molecule has 2 aliphatic heterocycles. The molecule has 0 aliphatic carbocycles. The van der Waals surface area contributed by atoms with Crippen LogP contribution in [0.15, 0.2) is 53.4 Å². The van der Waals surface area contributed by atoms with Crippen LogP contribution in [0.4, 0.5) is 0 Å². The minimum atomic E-state index is -3.81. The molecule has 0 N–H and O–H groups in total. The van der Waals surface area contributed by atoms with Crippen LogP contribution in [0.3, 0.4) is 0 Å². The molecule has 5 nitrogen and oxygen atoms in total. The van der Waals surface area contributed by atoms with E-state index >= 15 is 0 Å². The predicted octanol–water partition coefficient (Wildman–Crippen LogP) is 2.35. The minimum absolute atomic E-state index is 0.0870. The molecule has 0 saturated carbocycles. The highest BCUT2D eigenvalue weighted by Gasteiger charge is 2.46. The number of ether oxygens (including phenoxy) is 1. The molecule has 6 heteroatoms. The standard InChI is InChI=1S/C16H13NO4S/c18-16-12-6-2-4-8-15(12)22(19,20)17(16)13-9-10-21-14-7-3-1-5-11(13)14/h1-8,13H,9-10H2. The highest BCUT2D eigenvalue weighted by atomic mass is 32.2. The van der Waals surface area contributed by atoms with Crippen LogP contribution in [0.2, 0.25) is 0 Å². The number of amides is 1. The van der Waals surface area contributed by atoms with Gasteiger partial charge in [0.1, 0.15) is 10.6 Å². The van der Waals surface area contributed by atoms with Gasteiger partial charge in [-0.15, -0.1) is 0 Å². The summed E-state index contributed by atoms with van der Waals surface area (Å²) in [6, 6.07) is 13.1. The normalized spacial score (nSPS) is 21.9. The van der Waals surface area contributed by atoms with E-state index in [1.807, 2.05) is 18.2 Å². The molecule has 1 atom stereocenters. The van der Waals surface area contributed by atoms with Crippen molar-refractivity contribution in [1.29, 1.82) is 0 Å². The summed E-state index contributed by atoms with van der Waals surface area (Å²) in [6.07, 6.45) is 0.454. The van der Waals surface area contributed by atoms with Crippen molar-refractivity contribution in [3.63, 3.8) is 0 Å². The molecule has 0 radical (unpaired) electrons. The van der Waals surface area contributed by atoms with Crippen molar-refractivity contribution in [3.8, 4) is 5.75 Å². The second-order valence-corrected chi connectivity index (χ2v) is 7.08. The van der Waals surface area contributed by atoms with E-state index in [2.05, 4.69) is 0 Å². The van der Waals surface area contributed by atoms with Crippen molar-refractivity contribution in [3.05, 3.63) is 59.7 Å². The van der Waals surface area contributed by atoms with E-state index in [-0.39, 0.29) is 10.5 Å². The van der Waals surface area contributed by atoms with E-state index in [1.54, 1.807) is 24.3 Å². The van der Waals surface area contributed by atoms with E-state index in [9.17, 15) is 13.2 Å². The maximum atomic E-state index is 12.8. The first-order valence-corrected chi connectivity index (χ1v) is 8.44. The number of rotatable bonds is 1. The topological polar surface area (TPSA) is 63.7 Å². The Balaban J connectivity index is 1.88. The van der Waals surface area contributed by atoms with E-state index in [4.69, 9.17) is 4.74 Å². The molecule has 2 aromatic carbocycles. The molecular weight excluding hydrogens is 302 g/mol. The number of fused-ring (bicyclic) bond motifs is 2. The second kappa shape index (κ2) is 4.58. The lowest BCUT2D eigenvalue weighted by atomic mass is 10.00. The van der Waals surface area contributed by atoms with Crippen LogP contribution in [-0.4, -0.2) is 25.2 Å². The predicted molar refractivity (Wildman–Crippen MR) is 79.1 cm³/mol. The van der Waals surface area contributed by atoms with E-state index in [0.29, 0.717) is 18.8 Å². The fourth-order valence-corrected chi connectivity index (χ4v) is 4.84. The Morgan fingerprint density at radius 3 is 2.59 bits per heavy atom. The summed E-state index contributed by atoms with van der Waals surface area (Å²) in [7, 11) is -3.81. The van der Waals surface area contributed by atoms with Crippen molar-refractivity contribution in [2.24, 2.45) is 0 Å². The van der Waals surface area contributed by atoms with Crippen molar-refractivity contribution in [1.82, 2.24) is 4.31 Å². The van der Waals surface area contributed by atoms with E-state index in [1.165, 1.54) is 6.07 Å². The van der Waals surface area contributed by atoms with Gasteiger partial charge in [-0.1, -0.05) is 30.3 Å². The van der Waals surface area contributed by atoms with Crippen LogP contribution in [-0.2, 0) is 10.0 Å². The molecule has 4 rings (SSSR count). The van der Waals surface area contributed by atoms with Crippen molar-refractivity contribution < 1.29 is 17.9 Å². The van der Waals surface area contributed by atoms with Gasteiger partial charge in [0, 0.05) is 12.0 Å². The first kappa shape index (κ1) is 13.3. The first-order valence-electron chi connectivity index (χ1n) is 7.00. The molecule has 2 heterocycles. The van der Waals surface area contributed by atoms with Gasteiger partial charge in [0.2, 0.25) is 0 Å². The third kappa shape index (κ3) is 1.70. The maximum Gasteiger partial charge on any atom is 0.269 e.